The summed E-state index contributed by atoms with van der Waals surface area (Å²) in [6.45, 7) is 1.59. The predicted octanol–water partition coefficient (Wildman–Crippen LogP) is 4.80. The van der Waals surface area contributed by atoms with Crippen molar-refractivity contribution in [1.29, 1.82) is 0 Å². The van der Waals surface area contributed by atoms with Crippen molar-refractivity contribution in [3.05, 3.63) is 59.3 Å². The fraction of sp³-hybridized carbons (Fsp3) is 0.222. The maximum Gasteiger partial charge on any atom is 0.226 e. The van der Waals surface area contributed by atoms with Gasteiger partial charge in [0.1, 0.15) is 5.75 Å². The van der Waals surface area contributed by atoms with Gasteiger partial charge in [-0.05, 0) is 37.1 Å². The molecule has 1 aromatic carbocycles. The molecule has 0 N–H and O–H groups in total. The second-order valence-electron chi connectivity index (χ2n) is 5.18. The highest BCUT2D eigenvalue weighted by atomic mass is 79.9. The number of nitrogens with zero attached hydrogens (tertiary/aromatic N) is 1. The summed E-state index contributed by atoms with van der Waals surface area (Å²) in [5.41, 5.74) is 3.80. The zero-order valence-corrected chi connectivity index (χ0v) is 13.9. The van der Waals surface area contributed by atoms with E-state index in [1.165, 1.54) is 0 Å². The maximum absolute atomic E-state index is 11.9. The van der Waals surface area contributed by atoms with Crippen LogP contribution in [0.1, 0.15) is 34.8 Å². The van der Waals surface area contributed by atoms with Gasteiger partial charge in [0, 0.05) is 34.6 Å². The van der Waals surface area contributed by atoms with E-state index in [0.717, 1.165) is 39.8 Å². The summed E-state index contributed by atoms with van der Waals surface area (Å²) in [5.74, 6) is 1.37. The predicted molar refractivity (Wildman–Crippen MR) is 90.8 cm³/mol. The number of carbonyl (C=O) groups excluding carboxylic acids is 1. The number of ketones is 1. The Hall–Kier alpha value is -1.94. The van der Waals surface area contributed by atoms with Gasteiger partial charge in [-0.3, -0.25) is 4.79 Å². The summed E-state index contributed by atoms with van der Waals surface area (Å²) in [7, 11) is 0. The number of hydrogen-bond acceptors (Lipinski definition) is 3. The summed E-state index contributed by atoms with van der Waals surface area (Å²) >= 11 is 3.46. The van der Waals surface area contributed by atoms with E-state index in [9.17, 15) is 4.79 Å². The fourth-order valence-corrected chi connectivity index (χ4v) is 2.92. The Labute approximate surface area is 138 Å². The van der Waals surface area contributed by atoms with E-state index in [2.05, 4.69) is 27.0 Å². The summed E-state index contributed by atoms with van der Waals surface area (Å²) in [6, 6.07) is 9.53. The number of halogens is 1. The molecule has 2 aromatic rings. The lowest BCUT2D eigenvalue weighted by molar-refractivity contribution is 0.101. The third-order valence-electron chi connectivity index (χ3n) is 3.70. The van der Waals surface area contributed by atoms with Crippen LogP contribution < -0.4 is 4.74 Å². The van der Waals surface area contributed by atoms with Crippen LogP contribution in [0, 0.1) is 0 Å². The van der Waals surface area contributed by atoms with Crippen LogP contribution in [0.5, 0.6) is 11.6 Å². The average molecular weight is 358 g/mol. The molecule has 0 saturated carbocycles. The first-order valence-corrected chi connectivity index (χ1v) is 8.34. The lowest BCUT2D eigenvalue weighted by atomic mass is 9.94. The van der Waals surface area contributed by atoms with E-state index >= 15 is 0 Å². The first-order chi connectivity index (χ1) is 10.7. The second kappa shape index (κ2) is 6.44. The van der Waals surface area contributed by atoms with Crippen molar-refractivity contribution in [2.24, 2.45) is 0 Å². The number of fused-ring (bicyclic) bond motifs is 2. The first kappa shape index (κ1) is 15.0. The standard InChI is InChI=1S/C18H16BrNO2/c1-12(21)14-6-2-8-17-16(14)11-13(5-3-9-19)15-7-4-10-20-18(15)22-17/h2,4-8,10H,3,9,11H2,1H3. The normalized spacial score (nSPS) is 14.7. The molecule has 0 amide bonds. The van der Waals surface area contributed by atoms with Crippen molar-refractivity contribution in [1.82, 2.24) is 4.98 Å². The number of alkyl halides is 1. The van der Waals surface area contributed by atoms with Gasteiger partial charge in [-0.25, -0.2) is 4.98 Å². The molecule has 1 aliphatic rings. The molecule has 0 aliphatic carbocycles. The molecule has 3 nitrogen and oxygen atoms in total. The molecule has 0 fully saturated rings. The maximum atomic E-state index is 11.9. The largest absolute Gasteiger partial charge is 0.438 e. The van der Waals surface area contributed by atoms with E-state index in [1.807, 2.05) is 30.3 Å². The van der Waals surface area contributed by atoms with Crippen LogP contribution in [0.3, 0.4) is 0 Å². The lowest BCUT2D eigenvalue weighted by Crippen LogP contribution is -2.01. The van der Waals surface area contributed by atoms with E-state index in [0.29, 0.717) is 12.3 Å². The Bertz CT molecular complexity index is 753. The zero-order chi connectivity index (χ0) is 15.5. The van der Waals surface area contributed by atoms with Gasteiger partial charge in [0.15, 0.2) is 5.78 Å². The monoisotopic (exact) mass is 357 g/mol. The number of Topliss-reactive ketones (excluding diaryl/α,β-unsaturated/α-hetero) is 1. The van der Waals surface area contributed by atoms with Crippen LogP contribution in [-0.4, -0.2) is 16.1 Å². The number of carbonyl (C=O) groups is 1. The number of ether oxygens (including phenoxy) is 1. The van der Waals surface area contributed by atoms with E-state index in [-0.39, 0.29) is 5.78 Å². The highest BCUT2D eigenvalue weighted by Gasteiger charge is 2.22. The number of allylic oxidation sites excluding steroid dienone is 2. The Kier molecular flexibility index (Phi) is 4.39. The van der Waals surface area contributed by atoms with Crippen molar-refractivity contribution in [2.45, 2.75) is 19.8 Å². The van der Waals surface area contributed by atoms with Gasteiger partial charge in [0.05, 0.1) is 0 Å². The van der Waals surface area contributed by atoms with Crippen molar-refractivity contribution >= 4 is 27.3 Å². The van der Waals surface area contributed by atoms with E-state index in [1.54, 1.807) is 13.1 Å². The van der Waals surface area contributed by atoms with Gasteiger partial charge >= 0.3 is 0 Å². The number of pyridine rings is 1. The molecule has 112 valence electrons. The molecule has 0 spiro atoms. The number of rotatable bonds is 3. The molecule has 0 atom stereocenters. The average Bonchev–Trinajstić information content (AvgIpc) is 2.68. The molecule has 2 heterocycles. The van der Waals surface area contributed by atoms with Crippen LogP contribution >= 0.6 is 15.9 Å². The van der Waals surface area contributed by atoms with Gasteiger partial charge < -0.3 is 4.74 Å². The van der Waals surface area contributed by atoms with Crippen molar-refractivity contribution in [2.75, 3.05) is 5.33 Å². The Balaban J connectivity index is 2.17. The third-order valence-corrected chi connectivity index (χ3v) is 4.16. The van der Waals surface area contributed by atoms with E-state index < -0.39 is 0 Å². The first-order valence-electron chi connectivity index (χ1n) is 7.21. The number of aromatic nitrogens is 1. The van der Waals surface area contributed by atoms with Crippen molar-refractivity contribution < 1.29 is 9.53 Å². The van der Waals surface area contributed by atoms with Gasteiger partial charge in [-0.1, -0.05) is 34.1 Å². The van der Waals surface area contributed by atoms with Gasteiger partial charge in [-0.15, -0.1) is 0 Å². The second-order valence-corrected chi connectivity index (χ2v) is 5.97. The molecule has 0 saturated heterocycles. The molecule has 4 heteroatoms. The molecular formula is C18H16BrNO2. The summed E-state index contributed by atoms with van der Waals surface area (Å²) in [5, 5.41) is 0.897. The van der Waals surface area contributed by atoms with Crippen LogP contribution in [0.15, 0.2) is 42.6 Å². The smallest absolute Gasteiger partial charge is 0.226 e. The lowest BCUT2D eigenvalue weighted by Gasteiger charge is -2.10. The molecular weight excluding hydrogens is 342 g/mol. The van der Waals surface area contributed by atoms with Gasteiger partial charge in [0.25, 0.3) is 0 Å². The SMILES string of the molecule is CC(=O)c1cccc2c1CC(=CCCBr)c1cccnc1O2. The Morgan fingerprint density at radius 1 is 1.36 bits per heavy atom. The molecule has 0 radical (unpaired) electrons. The summed E-state index contributed by atoms with van der Waals surface area (Å²) in [4.78, 5) is 16.3. The van der Waals surface area contributed by atoms with Crippen LogP contribution in [-0.2, 0) is 6.42 Å². The molecule has 22 heavy (non-hydrogen) atoms. The minimum absolute atomic E-state index is 0.0548. The Morgan fingerprint density at radius 2 is 2.23 bits per heavy atom. The molecule has 0 unspecified atom stereocenters. The highest BCUT2D eigenvalue weighted by molar-refractivity contribution is 9.09. The van der Waals surface area contributed by atoms with E-state index in [4.69, 9.17) is 4.74 Å². The number of benzene rings is 1. The molecule has 1 aliphatic heterocycles. The minimum atomic E-state index is 0.0548. The van der Waals surface area contributed by atoms with Crippen LogP contribution in [0.4, 0.5) is 0 Å². The van der Waals surface area contributed by atoms with Gasteiger partial charge in [-0.2, -0.15) is 0 Å². The molecule has 1 aromatic heterocycles. The Morgan fingerprint density at radius 3 is 3.00 bits per heavy atom. The third kappa shape index (κ3) is 2.83. The topological polar surface area (TPSA) is 39.2 Å². The van der Waals surface area contributed by atoms with Crippen molar-refractivity contribution in [3.8, 4) is 11.6 Å². The highest BCUT2D eigenvalue weighted by Crippen LogP contribution is 2.39. The van der Waals surface area contributed by atoms with Crippen molar-refractivity contribution in [3.63, 3.8) is 0 Å². The van der Waals surface area contributed by atoms with Crippen LogP contribution in [0.25, 0.3) is 5.57 Å². The minimum Gasteiger partial charge on any atom is -0.438 e. The summed E-state index contributed by atoms with van der Waals surface area (Å²) < 4.78 is 5.99. The zero-order valence-electron chi connectivity index (χ0n) is 12.3. The fourth-order valence-electron chi connectivity index (χ4n) is 2.69. The van der Waals surface area contributed by atoms with Gasteiger partial charge in [0.2, 0.25) is 5.88 Å². The summed E-state index contributed by atoms with van der Waals surface area (Å²) in [6.07, 6.45) is 5.50. The molecule has 0 bridgehead atoms. The molecule has 3 rings (SSSR count). The number of hydrogen-bond donors (Lipinski definition) is 0. The quantitative estimate of drug-likeness (QED) is 0.584. The van der Waals surface area contributed by atoms with Crippen LogP contribution in [0.2, 0.25) is 0 Å².